The number of anilines is 1. The Morgan fingerprint density at radius 1 is 1.32 bits per heavy atom. The van der Waals surface area contributed by atoms with E-state index in [9.17, 15) is 13.2 Å². The molecular formula is C13H16N4O3S2. The van der Waals surface area contributed by atoms with Gasteiger partial charge in [0.1, 0.15) is 5.51 Å². The van der Waals surface area contributed by atoms with Gasteiger partial charge < -0.3 is 0 Å². The molecule has 0 aliphatic carbocycles. The van der Waals surface area contributed by atoms with Crippen molar-refractivity contribution in [2.45, 2.75) is 18.7 Å². The maximum Gasteiger partial charge on any atom is 0.257 e. The smallest absolute Gasteiger partial charge is 0.257 e. The van der Waals surface area contributed by atoms with Crippen molar-refractivity contribution in [3.63, 3.8) is 0 Å². The highest BCUT2D eigenvalue weighted by atomic mass is 32.2. The number of carbonyl (C=O) groups excluding carboxylic acids is 1. The Labute approximate surface area is 133 Å². The summed E-state index contributed by atoms with van der Waals surface area (Å²) in [5.41, 5.74) is 1.75. The minimum absolute atomic E-state index is 0.0983. The van der Waals surface area contributed by atoms with Crippen LogP contribution in [0.1, 0.15) is 24.2 Å². The molecule has 22 heavy (non-hydrogen) atoms. The Morgan fingerprint density at radius 2 is 2.05 bits per heavy atom. The molecule has 0 saturated heterocycles. The molecule has 0 unspecified atom stereocenters. The summed E-state index contributed by atoms with van der Waals surface area (Å²) in [6.45, 7) is 4.29. The largest absolute Gasteiger partial charge is 0.296 e. The zero-order valence-electron chi connectivity index (χ0n) is 12.2. The first-order valence-electron chi connectivity index (χ1n) is 6.66. The number of amides is 1. The van der Waals surface area contributed by atoms with Crippen LogP contribution in [0.5, 0.6) is 0 Å². The molecule has 2 rings (SSSR count). The Bertz CT molecular complexity index is 740. The topological polar surface area (TPSA) is 92.3 Å². The first-order valence-corrected chi connectivity index (χ1v) is 8.98. The molecule has 1 heterocycles. The fourth-order valence-corrected chi connectivity index (χ4v) is 3.85. The number of nitrogens with zero attached hydrogens (tertiary/aromatic N) is 3. The van der Waals surface area contributed by atoms with Gasteiger partial charge in [-0.15, -0.1) is 10.2 Å². The molecule has 1 aromatic heterocycles. The molecule has 0 spiro atoms. The van der Waals surface area contributed by atoms with E-state index in [1.807, 2.05) is 0 Å². The Hall–Kier alpha value is -1.84. The summed E-state index contributed by atoms with van der Waals surface area (Å²) >= 11 is 1.19. The van der Waals surface area contributed by atoms with E-state index in [0.717, 1.165) is 0 Å². The quantitative estimate of drug-likeness (QED) is 0.866. The summed E-state index contributed by atoms with van der Waals surface area (Å²) in [7, 11) is -3.59. The van der Waals surface area contributed by atoms with Crippen LogP contribution in [0.4, 0.5) is 5.13 Å². The first-order chi connectivity index (χ1) is 10.5. The fourth-order valence-electron chi connectivity index (χ4n) is 1.91. The number of carbonyl (C=O) groups is 1. The van der Waals surface area contributed by atoms with Gasteiger partial charge >= 0.3 is 0 Å². The van der Waals surface area contributed by atoms with Crippen LogP contribution in [0.2, 0.25) is 0 Å². The summed E-state index contributed by atoms with van der Waals surface area (Å²) in [5.74, 6) is -0.423. The summed E-state index contributed by atoms with van der Waals surface area (Å²) in [4.78, 5) is 12.2. The number of hydrogen-bond acceptors (Lipinski definition) is 6. The van der Waals surface area contributed by atoms with Gasteiger partial charge in [0, 0.05) is 18.7 Å². The van der Waals surface area contributed by atoms with Crippen molar-refractivity contribution < 1.29 is 13.2 Å². The molecule has 0 atom stereocenters. The first kappa shape index (κ1) is 16.5. The molecule has 0 aliphatic rings. The lowest BCUT2D eigenvalue weighted by molar-refractivity contribution is 0.102. The molecule has 9 heteroatoms. The molecule has 2 aromatic rings. The van der Waals surface area contributed by atoms with Crippen LogP contribution < -0.4 is 5.32 Å². The summed E-state index contributed by atoms with van der Waals surface area (Å²) in [6.07, 6.45) is 0. The van der Waals surface area contributed by atoms with Crippen LogP contribution in [0, 0.1) is 0 Å². The number of aromatic nitrogens is 2. The van der Waals surface area contributed by atoms with Crippen molar-refractivity contribution in [3.8, 4) is 0 Å². The lowest BCUT2D eigenvalue weighted by atomic mass is 10.2. The molecule has 0 fully saturated rings. The Kier molecular flexibility index (Phi) is 5.22. The van der Waals surface area contributed by atoms with Crippen LogP contribution in [0.25, 0.3) is 0 Å². The van der Waals surface area contributed by atoms with Gasteiger partial charge in [-0.25, -0.2) is 8.42 Å². The zero-order valence-corrected chi connectivity index (χ0v) is 13.8. The van der Waals surface area contributed by atoms with Gasteiger partial charge in [0.05, 0.1) is 4.90 Å². The van der Waals surface area contributed by atoms with Crippen LogP contribution in [0.15, 0.2) is 34.7 Å². The van der Waals surface area contributed by atoms with Crippen LogP contribution >= 0.6 is 11.3 Å². The predicted molar refractivity (Wildman–Crippen MR) is 84.4 cm³/mol. The molecule has 1 N–H and O–H groups in total. The predicted octanol–water partition coefficient (Wildman–Crippen LogP) is 1.82. The Balaban J connectivity index is 2.28. The van der Waals surface area contributed by atoms with Gasteiger partial charge in [0.2, 0.25) is 15.2 Å². The third kappa shape index (κ3) is 3.49. The molecule has 118 valence electrons. The molecule has 0 saturated carbocycles. The average molecular weight is 340 g/mol. The highest BCUT2D eigenvalue weighted by Gasteiger charge is 2.22. The average Bonchev–Trinajstić information content (AvgIpc) is 3.01. The molecule has 1 aromatic carbocycles. The third-order valence-corrected chi connectivity index (χ3v) is 5.67. The lowest BCUT2D eigenvalue weighted by Crippen LogP contribution is -2.30. The van der Waals surface area contributed by atoms with Crippen molar-refractivity contribution in [3.05, 3.63) is 35.3 Å². The van der Waals surface area contributed by atoms with Gasteiger partial charge in [-0.1, -0.05) is 31.3 Å². The summed E-state index contributed by atoms with van der Waals surface area (Å²) in [6, 6.07) is 5.95. The number of hydrogen-bond donors (Lipinski definition) is 1. The maximum atomic E-state index is 12.5. The standard InChI is InChI=1S/C13H16N4O3S2/c1-3-17(4-2)22(19,20)11-7-5-6-10(8-11)12(18)15-13-16-14-9-21-13/h5-9H,3-4H2,1-2H3,(H,15,16,18). The van der Waals surface area contributed by atoms with E-state index in [0.29, 0.717) is 18.2 Å². The lowest BCUT2D eigenvalue weighted by Gasteiger charge is -2.18. The maximum absolute atomic E-state index is 12.5. The Morgan fingerprint density at radius 3 is 2.64 bits per heavy atom. The zero-order chi connectivity index (χ0) is 16.2. The van der Waals surface area contributed by atoms with E-state index in [1.54, 1.807) is 26.0 Å². The minimum atomic E-state index is -3.59. The minimum Gasteiger partial charge on any atom is -0.296 e. The van der Waals surface area contributed by atoms with Gasteiger partial charge in [0.25, 0.3) is 5.91 Å². The van der Waals surface area contributed by atoms with E-state index in [4.69, 9.17) is 0 Å². The van der Waals surface area contributed by atoms with E-state index < -0.39 is 15.9 Å². The molecule has 0 radical (unpaired) electrons. The summed E-state index contributed by atoms with van der Waals surface area (Å²) in [5, 5.41) is 10.3. The van der Waals surface area contributed by atoms with Crippen molar-refractivity contribution in [2.75, 3.05) is 18.4 Å². The number of sulfonamides is 1. The van der Waals surface area contributed by atoms with Gasteiger partial charge in [-0.3, -0.25) is 10.1 Å². The van der Waals surface area contributed by atoms with E-state index in [2.05, 4.69) is 15.5 Å². The summed E-state index contributed by atoms with van der Waals surface area (Å²) < 4.78 is 26.3. The molecule has 0 bridgehead atoms. The third-order valence-electron chi connectivity index (χ3n) is 3.02. The highest BCUT2D eigenvalue weighted by Crippen LogP contribution is 2.18. The van der Waals surface area contributed by atoms with Crippen LogP contribution in [-0.2, 0) is 10.0 Å². The number of rotatable bonds is 6. The van der Waals surface area contributed by atoms with Gasteiger partial charge in [-0.2, -0.15) is 4.31 Å². The van der Waals surface area contributed by atoms with Gasteiger partial charge in [0.15, 0.2) is 0 Å². The molecular weight excluding hydrogens is 324 g/mol. The normalized spacial score (nSPS) is 11.6. The number of nitrogens with one attached hydrogen (secondary N) is 1. The van der Waals surface area contributed by atoms with E-state index in [1.165, 1.54) is 33.3 Å². The highest BCUT2D eigenvalue weighted by molar-refractivity contribution is 7.89. The van der Waals surface area contributed by atoms with Crippen molar-refractivity contribution in [1.82, 2.24) is 14.5 Å². The fraction of sp³-hybridized carbons (Fsp3) is 0.308. The van der Waals surface area contributed by atoms with Gasteiger partial charge in [-0.05, 0) is 18.2 Å². The van der Waals surface area contributed by atoms with Crippen molar-refractivity contribution in [2.24, 2.45) is 0 Å². The van der Waals surface area contributed by atoms with Crippen molar-refractivity contribution in [1.29, 1.82) is 0 Å². The molecule has 1 amide bonds. The molecule has 0 aliphatic heterocycles. The van der Waals surface area contributed by atoms with E-state index in [-0.39, 0.29) is 10.5 Å². The number of benzene rings is 1. The second-order valence-electron chi connectivity index (χ2n) is 4.32. The van der Waals surface area contributed by atoms with Crippen LogP contribution in [-0.4, -0.2) is 41.9 Å². The molecule has 7 nitrogen and oxygen atoms in total. The monoisotopic (exact) mass is 340 g/mol. The van der Waals surface area contributed by atoms with Crippen LogP contribution in [0.3, 0.4) is 0 Å². The van der Waals surface area contributed by atoms with E-state index >= 15 is 0 Å². The second-order valence-corrected chi connectivity index (χ2v) is 7.09. The van der Waals surface area contributed by atoms with Crippen molar-refractivity contribution >= 4 is 32.4 Å². The SMILES string of the molecule is CCN(CC)S(=O)(=O)c1cccc(C(=O)Nc2nncs2)c1. The second kappa shape index (κ2) is 6.95.